The molecule has 1 aromatic heterocycles. The van der Waals surface area contributed by atoms with Crippen LogP contribution in [0.3, 0.4) is 0 Å². The highest BCUT2D eigenvalue weighted by atomic mass is 19.2. The lowest BCUT2D eigenvalue weighted by atomic mass is 10.2. The maximum absolute atomic E-state index is 13.5. The Hall–Kier alpha value is -2.84. The van der Waals surface area contributed by atoms with Crippen molar-refractivity contribution in [2.45, 2.75) is 6.92 Å². The van der Waals surface area contributed by atoms with E-state index < -0.39 is 28.9 Å². The summed E-state index contributed by atoms with van der Waals surface area (Å²) >= 11 is 0. The summed E-state index contributed by atoms with van der Waals surface area (Å²) in [5, 5.41) is 5.34. The number of benzene rings is 1. The molecule has 0 atom stereocenters. The smallest absolute Gasteiger partial charge is 0.254 e. The molecular formula is C16H18F3N5O. The zero-order chi connectivity index (χ0) is 18.6. The first-order chi connectivity index (χ1) is 11.8. The van der Waals surface area contributed by atoms with Gasteiger partial charge in [-0.25, -0.2) is 18.2 Å². The van der Waals surface area contributed by atoms with Crippen LogP contribution in [0.5, 0.6) is 0 Å². The standard InChI is InChI=1S/C16H18F3N5O/c1-9-8-12(24(2)3)23-16(22-9)21-7-6-20-15(25)10-4-5-11(17)14(19)13(10)18/h4-5,8H,6-7H2,1-3H3,(H,20,25)(H,21,22,23). The third-order valence-electron chi connectivity index (χ3n) is 3.27. The molecule has 0 aliphatic heterocycles. The van der Waals surface area contributed by atoms with Crippen LogP contribution in [0.25, 0.3) is 0 Å². The van der Waals surface area contributed by atoms with Crippen molar-refractivity contribution in [3.8, 4) is 0 Å². The van der Waals surface area contributed by atoms with Crippen molar-refractivity contribution in [3.63, 3.8) is 0 Å². The van der Waals surface area contributed by atoms with Crippen molar-refractivity contribution < 1.29 is 18.0 Å². The van der Waals surface area contributed by atoms with E-state index >= 15 is 0 Å². The van der Waals surface area contributed by atoms with Gasteiger partial charge in [-0.2, -0.15) is 4.98 Å². The Kier molecular flexibility index (Phi) is 5.79. The molecule has 9 heteroatoms. The lowest BCUT2D eigenvalue weighted by Crippen LogP contribution is -2.30. The predicted molar refractivity (Wildman–Crippen MR) is 88.2 cm³/mol. The van der Waals surface area contributed by atoms with Gasteiger partial charge in [-0.3, -0.25) is 4.79 Å². The van der Waals surface area contributed by atoms with Crippen molar-refractivity contribution in [2.75, 3.05) is 37.4 Å². The zero-order valence-electron chi connectivity index (χ0n) is 14.0. The van der Waals surface area contributed by atoms with E-state index in [1.807, 2.05) is 32.0 Å². The molecule has 0 fully saturated rings. The topological polar surface area (TPSA) is 70.2 Å². The Labute approximate surface area is 143 Å². The minimum atomic E-state index is -1.67. The van der Waals surface area contributed by atoms with E-state index in [0.29, 0.717) is 12.0 Å². The maximum Gasteiger partial charge on any atom is 0.254 e. The third kappa shape index (κ3) is 4.59. The van der Waals surface area contributed by atoms with Gasteiger partial charge in [0, 0.05) is 38.9 Å². The van der Waals surface area contributed by atoms with Crippen LogP contribution in [-0.2, 0) is 0 Å². The van der Waals surface area contributed by atoms with Gasteiger partial charge in [-0.15, -0.1) is 0 Å². The predicted octanol–water partition coefficient (Wildman–Crippen LogP) is 2.11. The summed E-state index contributed by atoms with van der Waals surface area (Å²) in [6.07, 6.45) is 0. The molecule has 134 valence electrons. The maximum atomic E-state index is 13.5. The second-order valence-corrected chi connectivity index (χ2v) is 5.49. The van der Waals surface area contributed by atoms with Gasteiger partial charge >= 0.3 is 0 Å². The van der Waals surface area contributed by atoms with Gasteiger partial charge in [0.25, 0.3) is 5.91 Å². The average molecular weight is 353 g/mol. The lowest BCUT2D eigenvalue weighted by molar-refractivity contribution is 0.0950. The van der Waals surface area contributed by atoms with Crippen LogP contribution in [0.2, 0.25) is 0 Å². The number of rotatable bonds is 6. The molecule has 2 rings (SSSR count). The molecule has 2 aromatic rings. The van der Waals surface area contributed by atoms with Gasteiger partial charge in [0.2, 0.25) is 5.95 Å². The fourth-order valence-corrected chi connectivity index (χ4v) is 2.01. The molecule has 0 aliphatic carbocycles. The summed E-state index contributed by atoms with van der Waals surface area (Å²) in [7, 11) is 3.70. The second kappa shape index (κ2) is 7.82. The monoisotopic (exact) mass is 353 g/mol. The molecule has 2 N–H and O–H groups in total. The highest BCUT2D eigenvalue weighted by molar-refractivity contribution is 5.94. The van der Waals surface area contributed by atoms with Crippen molar-refractivity contribution in [1.29, 1.82) is 0 Å². The zero-order valence-corrected chi connectivity index (χ0v) is 14.0. The summed E-state index contributed by atoms with van der Waals surface area (Å²) in [5.74, 6) is -4.25. The molecule has 0 radical (unpaired) electrons. The van der Waals surface area contributed by atoms with Gasteiger partial charge in [0.05, 0.1) is 5.56 Å². The van der Waals surface area contributed by atoms with Crippen LogP contribution in [0.1, 0.15) is 16.1 Å². The van der Waals surface area contributed by atoms with Crippen LogP contribution in [0, 0.1) is 24.4 Å². The number of aromatic nitrogens is 2. The summed E-state index contributed by atoms with van der Waals surface area (Å²) in [5.41, 5.74) is 0.217. The largest absolute Gasteiger partial charge is 0.363 e. The number of carbonyl (C=O) groups excluding carboxylic acids is 1. The van der Waals surface area contributed by atoms with Gasteiger partial charge in [-0.1, -0.05) is 0 Å². The van der Waals surface area contributed by atoms with Crippen LogP contribution in [-0.4, -0.2) is 43.1 Å². The first kappa shape index (κ1) is 18.5. The van der Waals surface area contributed by atoms with E-state index in [4.69, 9.17) is 0 Å². The molecule has 1 aromatic carbocycles. The summed E-state index contributed by atoms with van der Waals surface area (Å²) in [4.78, 5) is 22.2. The molecule has 1 heterocycles. The van der Waals surface area contributed by atoms with Crippen molar-refractivity contribution in [1.82, 2.24) is 15.3 Å². The summed E-state index contributed by atoms with van der Waals surface area (Å²) in [6, 6.07) is 3.41. The summed E-state index contributed by atoms with van der Waals surface area (Å²) < 4.78 is 39.5. The minimum Gasteiger partial charge on any atom is -0.363 e. The Bertz CT molecular complexity index is 783. The number of amides is 1. The number of nitrogens with one attached hydrogen (secondary N) is 2. The molecule has 0 aliphatic rings. The van der Waals surface area contributed by atoms with E-state index in [0.717, 1.165) is 17.6 Å². The molecular weight excluding hydrogens is 335 g/mol. The van der Waals surface area contributed by atoms with Gasteiger partial charge in [0.15, 0.2) is 17.5 Å². The van der Waals surface area contributed by atoms with Gasteiger partial charge < -0.3 is 15.5 Å². The first-order valence-corrected chi connectivity index (χ1v) is 7.48. The SMILES string of the molecule is Cc1cc(N(C)C)nc(NCCNC(=O)c2ccc(F)c(F)c2F)n1. The first-order valence-electron chi connectivity index (χ1n) is 7.48. The minimum absolute atomic E-state index is 0.117. The highest BCUT2D eigenvalue weighted by Gasteiger charge is 2.18. The number of aryl methyl sites for hydroxylation is 1. The second-order valence-electron chi connectivity index (χ2n) is 5.49. The number of hydrogen-bond acceptors (Lipinski definition) is 5. The number of halogens is 3. The highest BCUT2D eigenvalue weighted by Crippen LogP contribution is 2.15. The molecule has 25 heavy (non-hydrogen) atoms. The number of nitrogens with zero attached hydrogens (tertiary/aromatic N) is 3. The quantitative estimate of drug-likeness (QED) is 0.615. The molecule has 0 saturated heterocycles. The summed E-state index contributed by atoms with van der Waals surface area (Å²) in [6.45, 7) is 2.21. The van der Waals surface area contributed by atoms with E-state index in [2.05, 4.69) is 20.6 Å². The molecule has 0 spiro atoms. The Morgan fingerprint density at radius 1 is 1.12 bits per heavy atom. The van der Waals surface area contributed by atoms with Crippen molar-refractivity contribution in [3.05, 3.63) is 46.9 Å². The van der Waals surface area contributed by atoms with E-state index in [1.54, 1.807) is 0 Å². The number of carbonyl (C=O) groups is 1. The molecule has 0 unspecified atom stereocenters. The van der Waals surface area contributed by atoms with Crippen LogP contribution < -0.4 is 15.5 Å². The third-order valence-corrected chi connectivity index (χ3v) is 3.27. The van der Waals surface area contributed by atoms with Gasteiger partial charge in [0.1, 0.15) is 5.82 Å². The van der Waals surface area contributed by atoms with Gasteiger partial charge in [-0.05, 0) is 19.1 Å². The van der Waals surface area contributed by atoms with E-state index in [1.165, 1.54) is 0 Å². The Morgan fingerprint density at radius 2 is 1.84 bits per heavy atom. The number of hydrogen-bond donors (Lipinski definition) is 2. The van der Waals surface area contributed by atoms with E-state index in [9.17, 15) is 18.0 Å². The van der Waals surface area contributed by atoms with Crippen molar-refractivity contribution in [2.24, 2.45) is 0 Å². The Balaban J connectivity index is 1.91. The van der Waals surface area contributed by atoms with Crippen molar-refractivity contribution >= 4 is 17.7 Å². The fraction of sp³-hybridized carbons (Fsp3) is 0.312. The van der Waals surface area contributed by atoms with Crippen LogP contribution in [0.15, 0.2) is 18.2 Å². The molecule has 0 bridgehead atoms. The van der Waals surface area contributed by atoms with Crippen LogP contribution in [0.4, 0.5) is 24.9 Å². The normalized spacial score (nSPS) is 10.5. The molecule has 0 saturated carbocycles. The van der Waals surface area contributed by atoms with E-state index in [-0.39, 0.29) is 13.1 Å². The molecule has 1 amide bonds. The fourth-order valence-electron chi connectivity index (χ4n) is 2.01. The Morgan fingerprint density at radius 3 is 2.52 bits per heavy atom. The molecule has 6 nitrogen and oxygen atoms in total. The van der Waals surface area contributed by atoms with Crippen LogP contribution >= 0.6 is 0 Å². The average Bonchev–Trinajstić information content (AvgIpc) is 2.56. The number of anilines is 2. The lowest BCUT2D eigenvalue weighted by Gasteiger charge is -2.14.